The highest BCUT2D eigenvalue weighted by Gasteiger charge is 2.15. The second-order valence-corrected chi connectivity index (χ2v) is 5.86. The number of pyridine rings is 2. The predicted octanol–water partition coefficient (Wildman–Crippen LogP) is 3.46. The van der Waals surface area contributed by atoms with Crippen LogP contribution < -0.4 is 10.2 Å². The lowest BCUT2D eigenvalue weighted by atomic mass is 10.1. The third-order valence-electron chi connectivity index (χ3n) is 4.09. The summed E-state index contributed by atoms with van der Waals surface area (Å²) in [5.41, 5.74) is -0.259. The number of aryl methyl sites for hydroxylation is 1. The summed E-state index contributed by atoms with van der Waals surface area (Å²) in [5.74, 6) is -0.809. The predicted molar refractivity (Wildman–Crippen MR) is 92.9 cm³/mol. The molecule has 0 unspecified atom stereocenters. The molecule has 0 aliphatic carbocycles. The second kappa shape index (κ2) is 8.47. The Morgan fingerprint density at radius 3 is 2.58 bits per heavy atom. The number of methoxy groups -OCH3 is 1. The number of carboxylic acid groups (broad SMARTS) is 1. The molecule has 6 heteroatoms. The molecule has 0 saturated carbocycles. The van der Waals surface area contributed by atoms with Gasteiger partial charge in [-0.3, -0.25) is 4.79 Å². The van der Waals surface area contributed by atoms with Crippen molar-refractivity contribution in [2.45, 2.75) is 52.0 Å². The molecule has 1 N–H and O–H groups in total. The SMILES string of the molecule is CCCCCCCCn1cc(C(=O)O)c(=O)c2ccc(OC)nc21. The van der Waals surface area contributed by atoms with Crippen molar-refractivity contribution in [1.82, 2.24) is 9.55 Å². The van der Waals surface area contributed by atoms with E-state index in [-0.39, 0.29) is 5.56 Å². The fourth-order valence-corrected chi connectivity index (χ4v) is 2.75. The molecule has 24 heavy (non-hydrogen) atoms. The van der Waals surface area contributed by atoms with Gasteiger partial charge in [0.1, 0.15) is 11.2 Å². The van der Waals surface area contributed by atoms with E-state index >= 15 is 0 Å². The van der Waals surface area contributed by atoms with Crippen LogP contribution >= 0.6 is 0 Å². The molecule has 2 aromatic heterocycles. The number of aromatic carboxylic acids is 1. The highest BCUT2D eigenvalue weighted by Crippen LogP contribution is 2.16. The first-order valence-corrected chi connectivity index (χ1v) is 8.40. The first-order chi connectivity index (χ1) is 11.6. The van der Waals surface area contributed by atoms with Gasteiger partial charge in [0.15, 0.2) is 0 Å². The first-order valence-electron chi connectivity index (χ1n) is 8.40. The molecule has 0 aliphatic heterocycles. The Balaban J connectivity index is 2.30. The number of unbranched alkanes of at least 4 members (excludes halogenated alkanes) is 5. The number of ether oxygens (including phenoxy) is 1. The summed E-state index contributed by atoms with van der Waals surface area (Å²) >= 11 is 0. The third-order valence-corrected chi connectivity index (χ3v) is 4.09. The number of hydrogen-bond donors (Lipinski definition) is 1. The zero-order valence-electron chi connectivity index (χ0n) is 14.2. The Kier molecular flexibility index (Phi) is 6.35. The molecule has 2 rings (SSSR count). The average molecular weight is 332 g/mol. The molecule has 2 aromatic rings. The highest BCUT2D eigenvalue weighted by molar-refractivity contribution is 5.91. The molecule has 0 amide bonds. The van der Waals surface area contributed by atoms with Gasteiger partial charge in [-0.15, -0.1) is 0 Å². The summed E-state index contributed by atoms with van der Waals surface area (Å²) < 4.78 is 6.87. The summed E-state index contributed by atoms with van der Waals surface area (Å²) in [6.07, 6.45) is 8.20. The van der Waals surface area contributed by atoms with Crippen LogP contribution in [0.3, 0.4) is 0 Å². The van der Waals surface area contributed by atoms with E-state index in [1.165, 1.54) is 32.6 Å². The molecule has 0 radical (unpaired) electrons. The normalized spacial score (nSPS) is 10.9. The lowest BCUT2D eigenvalue weighted by molar-refractivity contribution is 0.0695. The van der Waals surface area contributed by atoms with Crippen molar-refractivity contribution in [3.63, 3.8) is 0 Å². The molecule has 130 valence electrons. The molecule has 0 bridgehead atoms. The number of carbonyl (C=O) groups is 1. The van der Waals surface area contributed by atoms with E-state index in [0.717, 1.165) is 19.3 Å². The van der Waals surface area contributed by atoms with E-state index in [1.54, 1.807) is 16.7 Å². The Bertz CT molecular complexity index is 767. The standard InChI is InChI=1S/C18H24N2O4/c1-3-4-5-6-7-8-11-20-12-14(18(22)23)16(21)13-9-10-15(24-2)19-17(13)20/h9-10,12H,3-8,11H2,1-2H3,(H,22,23). The zero-order valence-corrected chi connectivity index (χ0v) is 14.2. The number of fused-ring (bicyclic) bond motifs is 1. The summed E-state index contributed by atoms with van der Waals surface area (Å²) in [6, 6.07) is 3.15. The summed E-state index contributed by atoms with van der Waals surface area (Å²) in [5, 5.41) is 9.57. The van der Waals surface area contributed by atoms with Crippen molar-refractivity contribution in [3.05, 3.63) is 34.1 Å². The van der Waals surface area contributed by atoms with Crippen LogP contribution in [0.4, 0.5) is 0 Å². The van der Waals surface area contributed by atoms with Crippen LogP contribution in [0.25, 0.3) is 11.0 Å². The topological polar surface area (TPSA) is 81.4 Å². The Morgan fingerprint density at radius 1 is 1.21 bits per heavy atom. The van der Waals surface area contributed by atoms with E-state index in [1.807, 2.05) is 0 Å². The smallest absolute Gasteiger partial charge is 0.341 e. The van der Waals surface area contributed by atoms with E-state index in [9.17, 15) is 14.7 Å². The van der Waals surface area contributed by atoms with Crippen LogP contribution in [0.2, 0.25) is 0 Å². The minimum atomic E-state index is -1.21. The van der Waals surface area contributed by atoms with Gasteiger partial charge >= 0.3 is 5.97 Å². The fourth-order valence-electron chi connectivity index (χ4n) is 2.75. The van der Waals surface area contributed by atoms with Gasteiger partial charge in [-0.25, -0.2) is 4.79 Å². The van der Waals surface area contributed by atoms with E-state index in [2.05, 4.69) is 11.9 Å². The van der Waals surface area contributed by atoms with Crippen LogP contribution in [0.5, 0.6) is 5.88 Å². The zero-order chi connectivity index (χ0) is 17.5. The van der Waals surface area contributed by atoms with Crippen LogP contribution in [0.15, 0.2) is 23.1 Å². The van der Waals surface area contributed by atoms with Crippen LogP contribution in [-0.4, -0.2) is 27.7 Å². The van der Waals surface area contributed by atoms with Crippen LogP contribution in [-0.2, 0) is 6.54 Å². The summed E-state index contributed by atoms with van der Waals surface area (Å²) in [7, 11) is 1.51. The van der Waals surface area contributed by atoms with Crippen molar-refractivity contribution in [2.24, 2.45) is 0 Å². The maximum atomic E-state index is 12.3. The van der Waals surface area contributed by atoms with Crippen molar-refractivity contribution in [3.8, 4) is 5.88 Å². The van der Waals surface area contributed by atoms with E-state index in [4.69, 9.17) is 4.74 Å². The van der Waals surface area contributed by atoms with Crippen molar-refractivity contribution < 1.29 is 14.6 Å². The lowest BCUT2D eigenvalue weighted by Gasteiger charge is -2.12. The molecule has 0 atom stereocenters. The minimum absolute atomic E-state index is 0.222. The monoisotopic (exact) mass is 332 g/mol. The molecular formula is C18H24N2O4. The maximum Gasteiger partial charge on any atom is 0.341 e. The number of nitrogens with zero attached hydrogens (tertiary/aromatic N) is 2. The summed E-state index contributed by atoms with van der Waals surface area (Å²) in [4.78, 5) is 28.0. The Hall–Kier alpha value is -2.37. The molecule has 0 spiro atoms. The van der Waals surface area contributed by atoms with Gasteiger partial charge < -0.3 is 14.4 Å². The molecular weight excluding hydrogens is 308 g/mol. The van der Waals surface area contributed by atoms with Crippen LogP contribution in [0.1, 0.15) is 55.8 Å². The van der Waals surface area contributed by atoms with Gasteiger partial charge in [-0.05, 0) is 12.5 Å². The molecule has 2 heterocycles. The first kappa shape index (κ1) is 18.0. The molecule has 0 fully saturated rings. The number of carboxylic acids is 1. The van der Waals surface area contributed by atoms with Gasteiger partial charge in [-0.2, -0.15) is 4.98 Å². The van der Waals surface area contributed by atoms with E-state index in [0.29, 0.717) is 23.5 Å². The van der Waals surface area contributed by atoms with E-state index < -0.39 is 11.4 Å². The molecule has 0 aromatic carbocycles. The van der Waals surface area contributed by atoms with Crippen molar-refractivity contribution in [2.75, 3.05) is 7.11 Å². The van der Waals surface area contributed by atoms with Gasteiger partial charge in [0.05, 0.1) is 12.5 Å². The van der Waals surface area contributed by atoms with Gasteiger partial charge in [0.2, 0.25) is 11.3 Å². The Morgan fingerprint density at radius 2 is 1.92 bits per heavy atom. The molecule has 6 nitrogen and oxygen atoms in total. The summed E-state index contributed by atoms with van der Waals surface area (Å²) in [6.45, 7) is 2.81. The number of aromatic nitrogens is 2. The molecule has 0 saturated heterocycles. The second-order valence-electron chi connectivity index (χ2n) is 5.86. The van der Waals surface area contributed by atoms with Crippen molar-refractivity contribution >= 4 is 17.0 Å². The van der Waals surface area contributed by atoms with Gasteiger partial charge in [0.25, 0.3) is 0 Å². The highest BCUT2D eigenvalue weighted by atomic mass is 16.5. The minimum Gasteiger partial charge on any atom is -0.481 e. The van der Waals surface area contributed by atoms with Crippen LogP contribution in [0, 0.1) is 0 Å². The number of rotatable bonds is 9. The fraction of sp³-hybridized carbons (Fsp3) is 0.500. The molecule has 0 aliphatic rings. The Labute approximate surface area is 141 Å². The van der Waals surface area contributed by atoms with Gasteiger partial charge in [0, 0.05) is 18.8 Å². The quantitative estimate of drug-likeness (QED) is 0.711. The largest absolute Gasteiger partial charge is 0.481 e. The van der Waals surface area contributed by atoms with Gasteiger partial charge in [-0.1, -0.05) is 39.0 Å². The lowest BCUT2D eigenvalue weighted by Crippen LogP contribution is -2.19. The number of hydrogen-bond acceptors (Lipinski definition) is 4. The third kappa shape index (κ3) is 4.13. The van der Waals surface area contributed by atoms with Crippen molar-refractivity contribution in [1.29, 1.82) is 0 Å². The maximum absolute atomic E-state index is 12.3. The average Bonchev–Trinajstić information content (AvgIpc) is 2.59.